The minimum absolute atomic E-state index is 0.0428. The Morgan fingerprint density at radius 1 is 1.28 bits per heavy atom. The van der Waals surface area contributed by atoms with Gasteiger partial charge in [-0.25, -0.2) is 13.1 Å². The molecule has 29 heavy (non-hydrogen) atoms. The lowest BCUT2D eigenvalue weighted by atomic mass is 10.1. The van der Waals surface area contributed by atoms with Gasteiger partial charge in [0.2, 0.25) is 15.9 Å². The zero-order valence-corrected chi connectivity index (χ0v) is 18.5. The van der Waals surface area contributed by atoms with Gasteiger partial charge in [-0.05, 0) is 56.9 Å². The SMILES string of the molecule is CCCS(=O)(=O)NC1CCN(C(=O)/C=C/c2ccc(OC(C)C)c(OC)c2)CC1. The van der Waals surface area contributed by atoms with Gasteiger partial charge in [0, 0.05) is 25.2 Å². The molecule has 0 radical (unpaired) electrons. The predicted octanol–water partition coefficient (Wildman–Crippen LogP) is 2.82. The highest BCUT2D eigenvalue weighted by Crippen LogP contribution is 2.29. The molecule has 8 heteroatoms. The maximum absolute atomic E-state index is 12.5. The predicted molar refractivity (Wildman–Crippen MR) is 115 cm³/mol. The maximum atomic E-state index is 12.5. The molecule has 1 N–H and O–H groups in total. The van der Waals surface area contributed by atoms with E-state index < -0.39 is 10.0 Å². The topological polar surface area (TPSA) is 84.9 Å². The van der Waals surface area contributed by atoms with Gasteiger partial charge in [0.1, 0.15) is 0 Å². The highest BCUT2D eigenvalue weighted by molar-refractivity contribution is 7.89. The molecule has 1 heterocycles. The lowest BCUT2D eigenvalue weighted by Crippen LogP contribution is -2.46. The van der Waals surface area contributed by atoms with Crippen LogP contribution in [0.15, 0.2) is 24.3 Å². The fourth-order valence-electron chi connectivity index (χ4n) is 3.21. The molecule has 1 aliphatic rings. The summed E-state index contributed by atoms with van der Waals surface area (Å²) in [5, 5.41) is 0. The monoisotopic (exact) mass is 424 g/mol. The van der Waals surface area contributed by atoms with Crippen LogP contribution < -0.4 is 14.2 Å². The molecule has 0 saturated carbocycles. The summed E-state index contributed by atoms with van der Waals surface area (Å²) in [7, 11) is -1.64. The Morgan fingerprint density at radius 3 is 2.55 bits per heavy atom. The van der Waals surface area contributed by atoms with E-state index in [2.05, 4.69) is 4.72 Å². The largest absolute Gasteiger partial charge is 0.493 e. The number of nitrogens with zero attached hydrogens (tertiary/aromatic N) is 1. The van der Waals surface area contributed by atoms with Crippen molar-refractivity contribution in [3.05, 3.63) is 29.8 Å². The molecule has 7 nitrogen and oxygen atoms in total. The number of hydrogen-bond donors (Lipinski definition) is 1. The summed E-state index contributed by atoms with van der Waals surface area (Å²) in [4.78, 5) is 14.2. The third-order valence-corrected chi connectivity index (χ3v) is 6.23. The van der Waals surface area contributed by atoms with Crippen molar-refractivity contribution in [2.24, 2.45) is 0 Å². The van der Waals surface area contributed by atoms with Gasteiger partial charge in [0.15, 0.2) is 11.5 Å². The van der Waals surface area contributed by atoms with Crippen molar-refractivity contribution in [1.29, 1.82) is 0 Å². The standard InChI is InChI=1S/C21H32N2O5S/c1-5-14-29(25,26)22-18-10-12-23(13-11-18)21(24)9-7-17-6-8-19(28-16(2)3)20(15-17)27-4/h6-9,15-16,18,22H,5,10-14H2,1-4H3/b9-7+. The Hall–Kier alpha value is -2.06. The summed E-state index contributed by atoms with van der Waals surface area (Å²) < 4.78 is 37.6. The molecule has 1 aromatic carbocycles. The summed E-state index contributed by atoms with van der Waals surface area (Å²) in [6.45, 7) is 6.81. The summed E-state index contributed by atoms with van der Waals surface area (Å²) in [6, 6.07) is 5.43. The normalized spacial score (nSPS) is 15.8. The van der Waals surface area contributed by atoms with Crippen LogP contribution >= 0.6 is 0 Å². The third kappa shape index (κ3) is 7.36. The van der Waals surface area contributed by atoms with Crippen molar-refractivity contribution in [2.75, 3.05) is 26.0 Å². The first-order valence-corrected chi connectivity index (χ1v) is 11.7. The van der Waals surface area contributed by atoms with Crippen LogP contribution in [0.2, 0.25) is 0 Å². The molecule has 1 amide bonds. The van der Waals surface area contributed by atoms with Gasteiger partial charge < -0.3 is 14.4 Å². The number of carbonyl (C=O) groups excluding carboxylic acids is 1. The molecule has 162 valence electrons. The summed E-state index contributed by atoms with van der Waals surface area (Å²) in [5.74, 6) is 1.34. The number of ether oxygens (including phenoxy) is 2. The highest BCUT2D eigenvalue weighted by Gasteiger charge is 2.24. The molecule has 1 fully saturated rings. The molecule has 0 aliphatic carbocycles. The van der Waals surface area contributed by atoms with Crippen LogP contribution in [-0.2, 0) is 14.8 Å². The average molecular weight is 425 g/mol. The van der Waals surface area contributed by atoms with Crippen molar-refractivity contribution in [3.63, 3.8) is 0 Å². The minimum Gasteiger partial charge on any atom is -0.493 e. The van der Waals surface area contributed by atoms with Crippen LogP contribution in [0, 0.1) is 0 Å². The van der Waals surface area contributed by atoms with Gasteiger partial charge in [-0.15, -0.1) is 0 Å². The van der Waals surface area contributed by atoms with Crippen LogP contribution in [0.1, 0.15) is 45.6 Å². The van der Waals surface area contributed by atoms with Gasteiger partial charge in [-0.2, -0.15) is 0 Å². The first-order chi connectivity index (χ1) is 13.7. The number of piperidine rings is 1. The van der Waals surface area contributed by atoms with Crippen molar-refractivity contribution >= 4 is 22.0 Å². The first-order valence-electron chi connectivity index (χ1n) is 10.1. The van der Waals surface area contributed by atoms with Crippen LogP contribution in [0.25, 0.3) is 6.08 Å². The van der Waals surface area contributed by atoms with Crippen LogP contribution in [0.4, 0.5) is 0 Å². The second-order valence-electron chi connectivity index (χ2n) is 7.45. The van der Waals surface area contributed by atoms with E-state index in [0.717, 1.165) is 5.56 Å². The molecule has 0 spiro atoms. The molecule has 1 aliphatic heterocycles. The van der Waals surface area contributed by atoms with Crippen molar-refractivity contribution in [3.8, 4) is 11.5 Å². The zero-order valence-electron chi connectivity index (χ0n) is 17.7. The highest BCUT2D eigenvalue weighted by atomic mass is 32.2. The van der Waals surface area contributed by atoms with Crippen molar-refractivity contribution in [1.82, 2.24) is 9.62 Å². The van der Waals surface area contributed by atoms with E-state index in [-0.39, 0.29) is 23.8 Å². The zero-order chi connectivity index (χ0) is 21.4. The molecule has 0 bridgehead atoms. The number of amides is 1. The van der Waals surface area contributed by atoms with Gasteiger partial charge in [-0.3, -0.25) is 4.79 Å². The van der Waals surface area contributed by atoms with Crippen LogP contribution in [-0.4, -0.2) is 57.3 Å². The van der Waals surface area contributed by atoms with E-state index in [0.29, 0.717) is 43.9 Å². The van der Waals surface area contributed by atoms with Gasteiger partial charge in [-0.1, -0.05) is 13.0 Å². The number of sulfonamides is 1. The van der Waals surface area contributed by atoms with Crippen molar-refractivity contribution < 1.29 is 22.7 Å². The summed E-state index contributed by atoms with van der Waals surface area (Å²) >= 11 is 0. The maximum Gasteiger partial charge on any atom is 0.246 e. The second-order valence-corrected chi connectivity index (χ2v) is 9.32. The van der Waals surface area contributed by atoms with Crippen LogP contribution in [0.5, 0.6) is 11.5 Å². The fraction of sp³-hybridized carbons (Fsp3) is 0.571. The quantitative estimate of drug-likeness (QED) is 0.616. The van der Waals surface area contributed by atoms with Crippen molar-refractivity contribution in [2.45, 2.75) is 52.2 Å². The number of nitrogens with one attached hydrogen (secondary N) is 1. The number of likely N-dealkylation sites (tertiary alicyclic amines) is 1. The number of carbonyl (C=O) groups is 1. The molecule has 2 rings (SSSR count). The summed E-state index contributed by atoms with van der Waals surface area (Å²) in [6.07, 6.45) is 5.17. The molecule has 1 saturated heterocycles. The molecule has 0 aromatic heterocycles. The van der Waals surface area contributed by atoms with E-state index >= 15 is 0 Å². The van der Waals surface area contributed by atoms with E-state index in [4.69, 9.17) is 9.47 Å². The lowest BCUT2D eigenvalue weighted by Gasteiger charge is -2.31. The Morgan fingerprint density at radius 2 is 1.97 bits per heavy atom. The lowest BCUT2D eigenvalue weighted by molar-refractivity contribution is -0.126. The van der Waals surface area contributed by atoms with Gasteiger partial charge in [0.05, 0.1) is 19.0 Å². The number of rotatable bonds is 9. The van der Waals surface area contributed by atoms with E-state index in [1.807, 2.05) is 39.0 Å². The number of benzene rings is 1. The van der Waals surface area contributed by atoms with E-state index in [1.54, 1.807) is 24.2 Å². The minimum atomic E-state index is -3.22. The Labute approximate surface area is 174 Å². The van der Waals surface area contributed by atoms with Gasteiger partial charge in [0.25, 0.3) is 0 Å². The molecule has 0 atom stereocenters. The number of hydrogen-bond acceptors (Lipinski definition) is 5. The molecule has 0 unspecified atom stereocenters. The Balaban J connectivity index is 1.91. The van der Waals surface area contributed by atoms with E-state index in [1.165, 1.54) is 0 Å². The third-order valence-electron chi connectivity index (χ3n) is 4.59. The molecule has 1 aromatic rings. The van der Waals surface area contributed by atoms with Crippen LogP contribution in [0.3, 0.4) is 0 Å². The fourth-order valence-corrected chi connectivity index (χ4v) is 4.61. The van der Waals surface area contributed by atoms with E-state index in [9.17, 15) is 13.2 Å². The molecular weight excluding hydrogens is 392 g/mol. The Bertz CT molecular complexity index is 812. The van der Waals surface area contributed by atoms with Gasteiger partial charge >= 0.3 is 0 Å². The second kappa shape index (κ2) is 10.6. The smallest absolute Gasteiger partial charge is 0.246 e. The summed E-state index contributed by atoms with van der Waals surface area (Å²) in [5.41, 5.74) is 0.841. The Kier molecular flexibility index (Phi) is 8.52. The average Bonchev–Trinajstić information content (AvgIpc) is 2.66. The number of methoxy groups -OCH3 is 1. The molecular formula is C21H32N2O5S. The first kappa shape index (κ1) is 23.2.